The summed E-state index contributed by atoms with van der Waals surface area (Å²) in [5.74, 6) is -1.03. The van der Waals surface area contributed by atoms with Gasteiger partial charge in [0.25, 0.3) is 0 Å². The molecule has 1 saturated heterocycles. The largest absolute Gasteiger partial charge is 0.349 e. The molecule has 1 aliphatic heterocycles. The number of carbonyl (C=O) groups is 1. The fourth-order valence-electron chi connectivity index (χ4n) is 3.83. The molecule has 0 atom stereocenters. The molecule has 1 N–H and O–H groups in total. The first-order valence-corrected chi connectivity index (χ1v) is 11.7. The molecule has 1 aliphatic rings. The quantitative estimate of drug-likeness (QED) is 0.450. The lowest BCUT2D eigenvalue weighted by Gasteiger charge is -2.11. The van der Waals surface area contributed by atoms with E-state index in [1.165, 1.54) is 34.1 Å². The van der Waals surface area contributed by atoms with E-state index in [1.54, 1.807) is 0 Å². The van der Waals surface area contributed by atoms with Gasteiger partial charge < -0.3 is 10.2 Å². The lowest BCUT2D eigenvalue weighted by Crippen LogP contribution is -2.29. The van der Waals surface area contributed by atoms with Crippen LogP contribution in [0.4, 0.5) is 15.2 Å². The molecule has 0 aliphatic carbocycles. The van der Waals surface area contributed by atoms with E-state index in [1.807, 2.05) is 30.3 Å². The number of hydrogen-bond acceptors (Lipinski definition) is 6. The van der Waals surface area contributed by atoms with Gasteiger partial charge in [-0.3, -0.25) is 9.36 Å². The number of anilines is 2. The molecule has 4 aromatic rings. The van der Waals surface area contributed by atoms with Gasteiger partial charge in [-0.05, 0) is 31.0 Å². The summed E-state index contributed by atoms with van der Waals surface area (Å²) in [6, 6.07) is 13.3. The smallest absolute Gasteiger partial charge is 0.348 e. The lowest BCUT2D eigenvalue weighted by molar-refractivity contribution is -0.116. The Kier molecular flexibility index (Phi) is 5.82. The molecule has 2 aromatic heterocycles. The van der Waals surface area contributed by atoms with Gasteiger partial charge >= 0.3 is 5.69 Å². The van der Waals surface area contributed by atoms with Gasteiger partial charge in [-0.2, -0.15) is 4.98 Å². The summed E-state index contributed by atoms with van der Waals surface area (Å²) in [5.41, 5.74) is 1.68. The predicted octanol–water partition coefficient (Wildman–Crippen LogP) is 4.55. The second-order valence-electron chi connectivity index (χ2n) is 7.72. The average molecular weight is 484 g/mol. The molecule has 33 heavy (non-hydrogen) atoms. The van der Waals surface area contributed by atoms with Crippen LogP contribution in [0.5, 0.6) is 0 Å². The van der Waals surface area contributed by atoms with Crippen LogP contribution in [0.25, 0.3) is 21.6 Å². The highest BCUT2D eigenvalue weighted by molar-refractivity contribution is 7.22. The van der Waals surface area contributed by atoms with Crippen LogP contribution < -0.4 is 15.9 Å². The van der Waals surface area contributed by atoms with Crippen LogP contribution in [0, 0.1) is 5.82 Å². The monoisotopic (exact) mass is 483 g/mol. The van der Waals surface area contributed by atoms with E-state index in [9.17, 15) is 14.0 Å². The number of nitrogens with one attached hydrogen (secondary N) is 1. The van der Waals surface area contributed by atoms with Crippen LogP contribution >= 0.6 is 22.9 Å². The Bertz CT molecular complexity index is 1400. The van der Waals surface area contributed by atoms with Crippen LogP contribution in [0.2, 0.25) is 5.02 Å². The number of hydrogen-bond donors (Lipinski definition) is 1. The number of nitrogens with zero attached hydrogens (tertiary/aromatic N) is 4. The molecule has 0 bridgehead atoms. The van der Waals surface area contributed by atoms with Gasteiger partial charge in [-0.15, -0.1) is 0 Å². The van der Waals surface area contributed by atoms with Gasteiger partial charge in [0.1, 0.15) is 28.4 Å². The van der Waals surface area contributed by atoms with Crippen molar-refractivity contribution < 1.29 is 9.18 Å². The maximum Gasteiger partial charge on any atom is 0.349 e. The Morgan fingerprint density at radius 2 is 1.88 bits per heavy atom. The van der Waals surface area contributed by atoms with Gasteiger partial charge in [0, 0.05) is 24.3 Å². The highest BCUT2D eigenvalue weighted by Crippen LogP contribution is 2.34. The number of fused-ring (bicyclic) bond motifs is 1. The summed E-state index contributed by atoms with van der Waals surface area (Å²) in [7, 11) is 0. The fourth-order valence-corrected chi connectivity index (χ4v) is 5.13. The summed E-state index contributed by atoms with van der Waals surface area (Å²) in [4.78, 5) is 37.6. The zero-order valence-electron chi connectivity index (χ0n) is 17.4. The van der Waals surface area contributed by atoms with Crippen molar-refractivity contribution in [2.75, 3.05) is 23.3 Å². The zero-order valence-corrected chi connectivity index (χ0v) is 19.0. The van der Waals surface area contributed by atoms with Crippen LogP contribution in [0.1, 0.15) is 12.8 Å². The Hall–Kier alpha value is -3.30. The molecule has 7 nitrogen and oxygen atoms in total. The highest BCUT2D eigenvalue weighted by atomic mass is 35.5. The molecule has 168 valence electrons. The van der Waals surface area contributed by atoms with E-state index in [0.717, 1.165) is 36.6 Å². The predicted molar refractivity (Wildman–Crippen MR) is 129 cm³/mol. The van der Waals surface area contributed by atoms with E-state index < -0.39 is 17.4 Å². The standard InChI is InChI=1S/C23H19ClFN5O2S/c24-16-12-15(8-9-17(16)25)26-18(31)13-30-21-20(28-23(33-21)29-10-4-5-11-29)19(27-22(30)32)14-6-2-1-3-7-14/h1-3,6-9,12H,4-5,10-11,13H2,(H,26,31). The van der Waals surface area contributed by atoms with Gasteiger partial charge in [-0.25, -0.2) is 14.2 Å². The molecular formula is C23H19ClFN5O2S. The Morgan fingerprint density at radius 3 is 2.61 bits per heavy atom. The fraction of sp³-hybridized carbons (Fsp3) is 0.217. The number of benzene rings is 2. The molecule has 0 unspecified atom stereocenters. The van der Waals surface area contributed by atoms with Crippen molar-refractivity contribution in [1.29, 1.82) is 0 Å². The summed E-state index contributed by atoms with van der Waals surface area (Å²) in [6.07, 6.45) is 2.18. The summed E-state index contributed by atoms with van der Waals surface area (Å²) >= 11 is 7.18. The van der Waals surface area contributed by atoms with Crippen LogP contribution in [-0.2, 0) is 11.3 Å². The normalized spacial score (nSPS) is 13.6. The average Bonchev–Trinajstić information content (AvgIpc) is 3.49. The molecule has 2 aromatic carbocycles. The number of aromatic nitrogens is 3. The van der Waals surface area contributed by atoms with Crippen molar-refractivity contribution in [3.8, 4) is 11.3 Å². The third-order valence-corrected chi connectivity index (χ3v) is 6.86. The SMILES string of the molecule is O=C(Cn1c(=O)nc(-c2ccccc2)c2nc(N3CCCC3)sc21)Nc1ccc(F)c(Cl)c1. The second kappa shape index (κ2) is 8.92. The number of thiazole rings is 1. The summed E-state index contributed by atoms with van der Waals surface area (Å²) in [6.45, 7) is 1.56. The van der Waals surface area contributed by atoms with Crippen molar-refractivity contribution in [3.05, 3.63) is 69.9 Å². The van der Waals surface area contributed by atoms with E-state index >= 15 is 0 Å². The topological polar surface area (TPSA) is 80.1 Å². The first kappa shape index (κ1) is 21.5. The van der Waals surface area contributed by atoms with E-state index in [-0.39, 0.29) is 11.6 Å². The Morgan fingerprint density at radius 1 is 1.12 bits per heavy atom. The third kappa shape index (κ3) is 4.34. The van der Waals surface area contributed by atoms with Crippen LogP contribution in [-0.4, -0.2) is 33.5 Å². The minimum atomic E-state index is -0.576. The molecule has 0 saturated carbocycles. The number of carbonyl (C=O) groups excluding carboxylic acids is 1. The van der Waals surface area contributed by atoms with Gasteiger partial charge in [-0.1, -0.05) is 53.3 Å². The van der Waals surface area contributed by atoms with Crippen molar-refractivity contribution >= 4 is 50.0 Å². The van der Waals surface area contributed by atoms with E-state index in [4.69, 9.17) is 16.6 Å². The first-order valence-electron chi connectivity index (χ1n) is 10.5. The molecule has 1 amide bonds. The van der Waals surface area contributed by atoms with E-state index in [0.29, 0.717) is 21.7 Å². The third-order valence-electron chi connectivity index (χ3n) is 5.43. The maximum absolute atomic E-state index is 13.4. The molecule has 0 radical (unpaired) electrons. The Labute approximate surface area is 197 Å². The minimum Gasteiger partial charge on any atom is -0.348 e. The molecular weight excluding hydrogens is 465 g/mol. The lowest BCUT2D eigenvalue weighted by atomic mass is 10.1. The van der Waals surface area contributed by atoms with E-state index in [2.05, 4.69) is 15.2 Å². The first-order chi connectivity index (χ1) is 16.0. The van der Waals surface area contributed by atoms with Crippen LogP contribution in [0.3, 0.4) is 0 Å². The molecule has 1 fully saturated rings. The molecule has 3 heterocycles. The van der Waals surface area contributed by atoms with Crippen molar-refractivity contribution in [2.24, 2.45) is 0 Å². The molecule has 10 heteroatoms. The number of rotatable bonds is 5. The van der Waals surface area contributed by atoms with Crippen LogP contribution in [0.15, 0.2) is 53.3 Å². The molecule has 5 rings (SSSR count). The van der Waals surface area contributed by atoms with Gasteiger partial charge in [0.2, 0.25) is 5.91 Å². The van der Waals surface area contributed by atoms with Crippen molar-refractivity contribution in [3.63, 3.8) is 0 Å². The number of amides is 1. The Balaban J connectivity index is 1.55. The van der Waals surface area contributed by atoms with Crippen molar-refractivity contribution in [2.45, 2.75) is 19.4 Å². The second-order valence-corrected chi connectivity index (χ2v) is 9.08. The minimum absolute atomic E-state index is 0.0982. The van der Waals surface area contributed by atoms with Gasteiger partial charge in [0.15, 0.2) is 5.13 Å². The molecule has 0 spiro atoms. The summed E-state index contributed by atoms with van der Waals surface area (Å²) < 4.78 is 14.7. The maximum atomic E-state index is 13.4. The zero-order chi connectivity index (χ0) is 22.9. The summed E-state index contributed by atoms with van der Waals surface area (Å²) in [5, 5.41) is 3.37. The number of halogens is 2. The van der Waals surface area contributed by atoms with Gasteiger partial charge in [0.05, 0.1) is 5.02 Å². The highest BCUT2D eigenvalue weighted by Gasteiger charge is 2.22. The van der Waals surface area contributed by atoms with Crippen molar-refractivity contribution in [1.82, 2.24) is 14.5 Å².